The fraction of sp³-hybridized carbons (Fsp3) is 0.526. The SMILES string of the molecule is CN(C)c1ncccc1CN1CCc2nc(C(C)(C)C)ncc2C1. The van der Waals surface area contributed by atoms with Crippen LogP contribution in [0.1, 0.15) is 43.4 Å². The van der Waals surface area contributed by atoms with Crippen LogP contribution in [-0.2, 0) is 24.9 Å². The highest BCUT2D eigenvalue weighted by Gasteiger charge is 2.23. The number of rotatable bonds is 3. The molecule has 5 nitrogen and oxygen atoms in total. The van der Waals surface area contributed by atoms with Crippen molar-refractivity contribution in [2.45, 2.75) is 45.7 Å². The Morgan fingerprint density at radius 1 is 1.21 bits per heavy atom. The topological polar surface area (TPSA) is 45.2 Å². The van der Waals surface area contributed by atoms with Crippen molar-refractivity contribution < 1.29 is 0 Å². The first-order valence-corrected chi connectivity index (χ1v) is 8.53. The van der Waals surface area contributed by atoms with E-state index in [9.17, 15) is 0 Å². The Bertz CT molecular complexity index is 718. The molecule has 0 amide bonds. The summed E-state index contributed by atoms with van der Waals surface area (Å²) in [5, 5.41) is 0. The Kier molecular flexibility index (Phi) is 4.54. The van der Waals surface area contributed by atoms with Crippen LogP contribution < -0.4 is 4.90 Å². The summed E-state index contributed by atoms with van der Waals surface area (Å²) in [5.41, 5.74) is 3.73. The molecule has 24 heavy (non-hydrogen) atoms. The van der Waals surface area contributed by atoms with Gasteiger partial charge in [-0.25, -0.2) is 15.0 Å². The third-order valence-corrected chi connectivity index (χ3v) is 4.37. The van der Waals surface area contributed by atoms with Crippen LogP contribution >= 0.6 is 0 Å². The van der Waals surface area contributed by atoms with Gasteiger partial charge < -0.3 is 4.90 Å². The summed E-state index contributed by atoms with van der Waals surface area (Å²) in [6.07, 6.45) is 4.86. The van der Waals surface area contributed by atoms with Crippen molar-refractivity contribution in [3.8, 4) is 0 Å². The van der Waals surface area contributed by atoms with Crippen molar-refractivity contribution in [1.82, 2.24) is 19.9 Å². The molecule has 2 aromatic heterocycles. The number of aromatic nitrogens is 3. The molecule has 1 aliphatic rings. The van der Waals surface area contributed by atoms with Crippen LogP contribution in [0.25, 0.3) is 0 Å². The van der Waals surface area contributed by atoms with Crippen LogP contribution in [-0.4, -0.2) is 40.5 Å². The summed E-state index contributed by atoms with van der Waals surface area (Å²) in [6.45, 7) is 9.32. The number of nitrogens with zero attached hydrogens (tertiary/aromatic N) is 5. The molecular weight excluding hydrogens is 298 g/mol. The molecule has 3 rings (SSSR count). The summed E-state index contributed by atoms with van der Waals surface area (Å²) in [5.74, 6) is 1.99. The largest absolute Gasteiger partial charge is 0.362 e. The molecule has 0 aromatic carbocycles. The highest BCUT2D eigenvalue weighted by Crippen LogP contribution is 2.24. The number of pyridine rings is 1. The normalized spacial score (nSPS) is 15.2. The molecule has 0 saturated carbocycles. The molecule has 3 heterocycles. The van der Waals surface area contributed by atoms with Crippen LogP contribution in [0.5, 0.6) is 0 Å². The van der Waals surface area contributed by atoms with Crippen LogP contribution in [0.3, 0.4) is 0 Å². The molecule has 0 N–H and O–H groups in total. The quantitative estimate of drug-likeness (QED) is 0.868. The van der Waals surface area contributed by atoms with Crippen molar-refractivity contribution >= 4 is 5.82 Å². The van der Waals surface area contributed by atoms with E-state index in [4.69, 9.17) is 4.98 Å². The maximum Gasteiger partial charge on any atom is 0.133 e. The summed E-state index contributed by atoms with van der Waals surface area (Å²) in [7, 11) is 4.08. The summed E-state index contributed by atoms with van der Waals surface area (Å²) < 4.78 is 0. The molecule has 0 unspecified atom stereocenters. The molecule has 1 aliphatic heterocycles. The van der Waals surface area contributed by atoms with Crippen LogP contribution in [0, 0.1) is 0 Å². The molecule has 2 aromatic rings. The predicted molar refractivity (Wildman–Crippen MR) is 97.1 cm³/mol. The Morgan fingerprint density at radius 3 is 2.71 bits per heavy atom. The first-order chi connectivity index (χ1) is 11.3. The van der Waals surface area contributed by atoms with Gasteiger partial charge in [0.05, 0.1) is 0 Å². The van der Waals surface area contributed by atoms with Gasteiger partial charge in [-0.05, 0) is 6.07 Å². The second-order valence-electron chi connectivity index (χ2n) is 7.76. The Balaban J connectivity index is 1.77. The van der Waals surface area contributed by atoms with Crippen molar-refractivity contribution in [3.63, 3.8) is 0 Å². The van der Waals surface area contributed by atoms with Gasteiger partial charge in [-0.15, -0.1) is 0 Å². The number of hydrogen-bond acceptors (Lipinski definition) is 5. The van der Waals surface area contributed by atoms with Crippen molar-refractivity contribution in [1.29, 1.82) is 0 Å². The summed E-state index contributed by atoms with van der Waals surface area (Å²) >= 11 is 0. The molecule has 0 fully saturated rings. The van der Waals surface area contributed by atoms with Gasteiger partial charge in [-0.3, -0.25) is 4.90 Å². The van der Waals surface area contributed by atoms with Crippen LogP contribution in [0.4, 0.5) is 5.82 Å². The highest BCUT2D eigenvalue weighted by molar-refractivity contribution is 5.45. The van der Waals surface area contributed by atoms with E-state index in [1.807, 2.05) is 32.6 Å². The third-order valence-electron chi connectivity index (χ3n) is 4.37. The second kappa shape index (κ2) is 6.48. The van der Waals surface area contributed by atoms with Gasteiger partial charge >= 0.3 is 0 Å². The molecule has 0 saturated heterocycles. The number of hydrogen-bond donors (Lipinski definition) is 0. The van der Waals surface area contributed by atoms with Gasteiger partial charge in [-0.1, -0.05) is 26.8 Å². The average molecular weight is 325 g/mol. The van der Waals surface area contributed by atoms with E-state index in [0.717, 1.165) is 37.7 Å². The minimum absolute atomic E-state index is 0.00246. The second-order valence-corrected chi connectivity index (χ2v) is 7.76. The molecule has 0 radical (unpaired) electrons. The molecule has 128 valence electrons. The highest BCUT2D eigenvalue weighted by atomic mass is 15.2. The van der Waals surface area contributed by atoms with E-state index in [1.165, 1.54) is 16.8 Å². The lowest BCUT2D eigenvalue weighted by Crippen LogP contribution is -2.32. The monoisotopic (exact) mass is 325 g/mol. The van der Waals surface area contributed by atoms with Gasteiger partial charge in [0.1, 0.15) is 11.6 Å². The van der Waals surface area contributed by atoms with Crippen molar-refractivity contribution in [3.05, 3.63) is 47.2 Å². The lowest BCUT2D eigenvalue weighted by atomic mass is 9.95. The Morgan fingerprint density at radius 2 is 2.00 bits per heavy atom. The van der Waals surface area contributed by atoms with Gasteiger partial charge in [0.2, 0.25) is 0 Å². The van der Waals surface area contributed by atoms with E-state index in [-0.39, 0.29) is 5.41 Å². The average Bonchev–Trinajstić information content (AvgIpc) is 2.53. The van der Waals surface area contributed by atoms with E-state index >= 15 is 0 Å². The van der Waals surface area contributed by atoms with E-state index in [2.05, 4.69) is 46.6 Å². The molecule has 0 aliphatic carbocycles. The minimum Gasteiger partial charge on any atom is -0.362 e. The molecule has 0 atom stereocenters. The maximum absolute atomic E-state index is 4.81. The first-order valence-electron chi connectivity index (χ1n) is 8.53. The zero-order chi connectivity index (χ0) is 17.3. The minimum atomic E-state index is 0.00246. The van der Waals surface area contributed by atoms with Gasteiger partial charge in [0.15, 0.2) is 0 Å². The first kappa shape index (κ1) is 16.8. The Labute approximate surface area is 144 Å². The van der Waals surface area contributed by atoms with Gasteiger partial charge in [-0.2, -0.15) is 0 Å². The predicted octanol–water partition coefficient (Wildman–Crippen LogP) is 2.79. The van der Waals surface area contributed by atoms with Crippen molar-refractivity contribution in [2.24, 2.45) is 0 Å². The standard InChI is InChI=1S/C19H27N5/c1-19(2,3)18-21-11-15-13-24(10-8-16(15)22-18)12-14-7-6-9-20-17(14)23(4)5/h6-7,9,11H,8,10,12-13H2,1-5H3. The Hall–Kier alpha value is -2.01. The lowest BCUT2D eigenvalue weighted by Gasteiger charge is -2.30. The van der Waals surface area contributed by atoms with Crippen LogP contribution in [0.15, 0.2) is 24.5 Å². The summed E-state index contributed by atoms with van der Waals surface area (Å²) in [4.78, 5) is 18.4. The van der Waals surface area contributed by atoms with Gasteiger partial charge in [0.25, 0.3) is 0 Å². The molecule has 0 bridgehead atoms. The summed E-state index contributed by atoms with van der Waals surface area (Å²) in [6, 6.07) is 4.18. The van der Waals surface area contributed by atoms with E-state index in [1.54, 1.807) is 0 Å². The zero-order valence-electron chi connectivity index (χ0n) is 15.4. The zero-order valence-corrected chi connectivity index (χ0v) is 15.4. The maximum atomic E-state index is 4.81. The number of fused-ring (bicyclic) bond motifs is 1. The molecule has 5 heteroatoms. The number of anilines is 1. The van der Waals surface area contributed by atoms with E-state index in [0.29, 0.717) is 0 Å². The lowest BCUT2D eigenvalue weighted by molar-refractivity contribution is 0.242. The smallest absolute Gasteiger partial charge is 0.133 e. The van der Waals surface area contributed by atoms with Crippen molar-refractivity contribution in [2.75, 3.05) is 25.5 Å². The third kappa shape index (κ3) is 3.56. The molecule has 0 spiro atoms. The van der Waals surface area contributed by atoms with Crippen LogP contribution in [0.2, 0.25) is 0 Å². The van der Waals surface area contributed by atoms with E-state index < -0.39 is 0 Å². The molecular formula is C19H27N5. The fourth-order valence-electron chi connectivity index (χ4n) is 3.07. The fourth-order valence-corrected chi connectivity index (χ4v) is 3.07. The van der Waals surface area contributed by atoms with Gasteiger partial charge in [0, 0.05) is 74.8 Å².